The number of thioether (sulfide) groups is 1. The molecule has 1 fully saturated rings. The Hall–Kier alpha value is -1.07. The predicted octanol–water partition coefficient (Wildman–Crippen LogP) is 2.32. The summed E-state index contributed by atoms with van der Waals surface area (Å²) in [6.45, 7) is 2.02. The zero-order valence-electron chi connectivity index (χ0n) is 9.60. The fourth-order valence-corrected chi connectivity index (χ4v) is 2.93. The Kier molecular flexibility index (Phi) is 3.69. The molecule has 0 amide bonds. The number of benzene rings is 1. The van der Waals surface area contributed by atoms with E-state index in [2.05, 4.69) is 5.32 Å². The van der Waals surface area contributed by atoms with E-state index in [1.165, 1.54) is 0 Å². The maximum atomic E-state index is 11.7. The molecule has 0 bridgehead atoms. The van der Waals surface area contributed by atoms with Gasteiger partial charge >= 0.3 is 0 Å². The highest BCUT2D eigenvalue weighted by molar-refractivity contribution is 8.33. The Morgan fingerprint density at radius 3 is 2.53 bits per heavy atom. The molecule has 2 rings (SSSR count). The molecule has 1 N–H and O–H groups in total. The molecule has 0 spiro atoms. The Labute approximate surface area is 110 Å². The molecule has 2 unspecified atom stereocenters. The van der Waals surface area contributed by atoms with E-state index in [0.717, 1.165) is 23.1 Å². The van der Waals surface area contributed by atoms with Gasteiger partial charge in [0.05, 0.1) is 7.11 Å². The fraction of sp³-hybridized carbons (Fsp3) is 0.333. The first-order chi connectivity index (χ1) is 8.11. The first kappa shape index (κ1) is 12.4. The summed E-state index contributed by atoms with van der Waals surface area (Å²) >= 11 is 6.11. The van der Waals surface area contributed by atoms with Crippen molar-refractivity contribution in [1.29, 1.82) is 0 Å². The minimum Gasteiger partial charge on any atom is -0.497 e. The molecular formula is C12H13NO2S2. The molecule has 2 atom stereocenters. The summed E-state index contributed by atoms with van der Waals surface area (Å²) in [5.41, 5.74) is 1.10. The van der Waals surface area contributed by atoms with Crippen LogP contribution in [0.25, 0.3) is 0 Å². The van der Waals surface area contributed by atoms with Gasteiger partial charge in [0.2, 0.25) is 5.12 Å². The van der Waals surface area contributed by atoms with Crippen molar-refractivity contribution in [3.63, 3.8) is 0 Å². The van der Waals surface area contributed by atoms with Gasteiger partial charge in [0, 0.05) is 5.92 Å². The summed E-state index contributed by atoms with van der Waals surface area (Å²) in [5.74, 6) is 0.915. The van der Waals surface area contributed by atoms with Crippen LogP contribution in [-0.4, -0.2) is 22.6 Å². The van der Waals surface area contributed by atoms with Crippen LogP contribution in [0.15, 0.2) is 24.3 Å². The van der Waals surface area contributed by atoms with Gasteiger partial charge in [-0.1, -0.05) is 31.3 Å². The van der Waals surface area contributed by atoms with Crippen LogP contribution in [0.5, 0.6) is 5.75 Å². The van der Waals surface area contributed by atoms with Crippen molar-refractivity contribution in [2.75, 3.05) is 7.11 Å². The molecule has 1 aromatic rings. The summed E-state index contributed by atoms with van der Waals surface area (Å²) in [6, 6.07) is 7.53. The average molecular weight is 267 g/mol. The molecule has 1 aliphatic heterocycles. The monoisotopic (exact) mass is 267 g/mol. The second-order valence-corrected chi connectivity index (χ2v) is 5.57. The average Bonchev–Trinajstić information content (AvgIpc) is 2.68. The molecule has 0 radical (unpaired) electrons. The van der Waals surface area contributed by atoms with Gasteiger partial charge in [0.25, 0.3) is 0 Å². The van der Waals surface area contributed by atoms with E-state index in [4.69, 9.17) is 17.0 Å². The van der Waals surface area contributed by atoms with E-state index in [9.17, 15) is 4.79 Å². The maximum Gasteiger partial charge on any atom is 0.218 e. The Balaban J connectivity index is 2.16. The lowest BCUT2D eigenvalue weighted by molar-refractivity contribution is -0.112. The Morgan fingerprint density at radius 2 is 2.06 bits per heavy atom. The molecule has 1 aliphatic rings. The van der Waals surface area contributed by atoms with Crippen molar-refractivity contribution in [1.82, 2.24) is 5.32 Å². The molecule has 5 heteroatoms. The van der Waals surface area contributed by atoms with Gasteiger partial charge in [-0.25, -0.2) is 0 Å². The van der Waals surface area contributed by atoms with Crippen LogP contribution in [0, 0.1) is 0 Å². The Bertz CT molecular complexity index is 444. The number of carbonyl (C=O) groups is 1. The SMILES string of the molecule is COc1ccc(C(C)C2NC(=S)SC2=O)cc1. The number of rotatable bonds is 3. The summed E-state index contributed by atoms with van der Waals surface area (Å²) in [7, 11) is 1.63. The van der Waals surface area contributed by atoms with Crippen LogP contribution in [-0.2, 0) is 4.79 Å². The molecule has 0 saturated carbocycles. The molecule has 3 nitrogen and oxygen atoms in total. The number of carbonyl (C=O) groups excluding carboxylic acids is 1. The topological polar surface area (TPSA) is 38.3 Å². The van der Waals surface area contributed by atoms with Crippen LogP contribution < -0.4 is 10.1 Å². The number of methoxy groups -OCH3 is 1. The highest BCUT2D eigenvalue weighted by Crippen LogP contribution is 2.29. The van der Waals surface area contributed by atoms with E-state index < -0.39 is 0 Å². The molecule has 90 valence electrons. The number of nitrogens with one attached hydrogen (secondary N) is 1. The minimum absolute atomic E-state index is 0.0957. The number of ether oxygens (including phenoxy) is 1. The van der Waals surface area contributed by atoms with Gasteiger partial charge < -0.3 is 10.1 Å². The van der Waals surface area contributed by atoms with E-state index in [1.807, 2.05) is 31.2 Å². The van der Waals surface area contributed by atoms with Crippen LogP contribution >= 0.6 is 24.0 Å². The third-order valence-corrected chi connectivity index (χ3v) is 3.99. The number of thiocarbonyl (C=S) groups is 1. The van der Waals surface area contributed by atoms with E-state index in [1.54, 1.807) is 7.11 Å². The molecule has 1 heterocycles. The maximum absolute atomic E-state index is 11.7. The van der Waals surface area contributed by atoms with Gasteiger partial charge in [-0.3, -0.25) is 4.79 Å². The summed E-state index contributed by atoms with van der Waals surface area (Å²) in [6.07, 6.45) is 0. The van der Waals surface area contributed by atoms with Crippen LogP contribution in [0.2, 0.25) is 0 Å². The third kappa shape index (κ3) is 2.61. The lowest BCUT2D eigenvalue weighted by Gasteiger charge is -2.18. The van der Waals surface area contributed by atoms with Gasteiger partial charge in [0.15, 0.2) is 0 Å². The van der Waals surface area contributed by atoms with E-state index in [-0.39, 0.29) is 17.1 Å². The van der Waals surface area contributed by atoms with Crippen molar-refractivity contribution < 1.29 is 9.53 Å². The zero-order valence-corrected chi connectivity index (χ0v) is 11.2. The van der Waals surface area contributed by atoms with Crippen molar-refractivity contribution in [2.24, 2.45) is 0 Å². The first-order valence-corrected chi connectivity index (χ1v) is 6.50. The standard InChI is InChI=1S/C12H13NO2S2/c1-7(10-11(14)17-12(16)13-10)8-3-5-9(15-2)6-4-8/h3-7,10H,1-2H3,(H,13,16). The largest absolute Gasteiger partial charge is 0.497 e. The van der Waals surface area contributed by atoms with Crippen molar-refractivity contribution >= 4 is 33.4 Å². The van der Waals surface area contributed by atoms with E-state index >= 15 is 0 Å². The lowest BCUT2D eigenvalue weighted by atomic mass is 9.94. The van der Waals surface area contributed by atoms with E-state index in [0.29, 0.717) is 4.32 Å². The van der Waals surface area contributed by atoms with Gasteiger partial charge in [0.1, 0.15) is 16.1 Å². The first-order valence-electron chi connectivity index (χ1n) is 5.28. The predicted molar refractivity (Wildman–Crippen MR) is 73.5 cm³/mol. The Morgan fingerprint density at radius 1 is 1.41 bits per heavy atom. The molecule has 0 aromatic heterocycles. The fourth-order valence-electron chi connectivity index (χ4n) is 1.80. The molecule has 17 heavy (non-hydrogen) atoms. The van der Waals surface area contributed by atoms with Crippen LogP contribution in [0.3, 0.4) is 0 Å². The molecule has 1 saturated heterocycles. The van der Waals surface area contributed by atoms with Gasteiger partial charge in [-0.05, 0) is 29.5 Å². The lowest BCUT2D eigenvalue weighted by Crippen LogP contribution is -2.33. The van der Waals surface area contributed by atoms with Crippen molar-refractivity contribution in [3.05, 3.63) is 29.8 Å². The van der Waals surface area contributed by atoms with Gasteiger partial charge in [-0.15, -0.1) is 0 Å². The number of hydrogen-bond donors (Lipinski definition) is 1. The van der Waals surface area contributed by atoms with Crippen molar-refractivity contribution in [3.8, 4) is 5.75 Å². The van der Waals surface area contributed by atoms with Crippen LogP contribution in [0.4, 0.5) is 0 Å². The highest BCUT2D eigenvalue weighted by atomic mass is 32.2. The van der Waals surface area contributed by atoms with Crippen LogP contribution in [0.1, 0.15) is 18.4 Å². The second kappa shape index (κ2) is 5.06. The summed E-state index contributed by atoms with van der Waals surface area (Å²) in [5, 5.41) is 3.14. The van der Waals surface area contributed by atoms with Crippen molar-refractivity contribution in [2.45, 2.75) is 18.9 Å². The normalized spacial score (nSPS) is 21.2. The smallest absolute Gasteiger partial charge is 0.218 e. The molecular weight excluding hydrogens is 254 g/mol. The molecule has 0 aliphatic carbocycles. The summed E-state index contributed by atoms with van der Waals surface area (Å²) in [4.78, 5) is 11.7. The zero-order chi connectivity index (χ0) is 12.4. The third-order valence-electron chi connectivity index (χ3n) is 2.86. The highest BCUT2D eigenvalue weighted by Gasteiger charge is 2.33. The number of hydrogen-bond acceptors (Lipinski definition) is 4. The quantitative estimate of drug-likeness (QED) is 0.851. The van der Waals surface area contributed by atoms with Gasteiger partial charge in [-0.2, -0.15) is 0 Å². The second-order valence-electron chi connectivity index (χ2n) is 3.89. The molecule has 1 aromatic carbocycles. The minimum atomic E-state index is -0.221. The summed E-state index contributed by atoms with van der Waals surface area (Å²) < 4.78 is 5.67.